The first-order valence-electron chi connectivity index (χ1n) is 10.5. The predicted molar refractivity (Wildman–Crippen MR) is 119 cm³/mol. The summed E-state index contributed by atoms with van der Waals surface area (Å²) in [4.78, 5) is 28.0. The Morgan fingerprint density at radius 2 is 1.87 bits per heavy atom. The Labute approximate surface area is 182 Å². The molecule has 0 aliphatic heterocycles. The second-order valence-electron chi connectivity index (χ2n) is 7.85. The predicted octanol–water partition coefficient (Wildman–Crippen LogP) is 4.95. The van der Waals surface area contributed by atoms with Crippen LogP contribution in [-0.2, 0) is 11.3 Å². The monoisotopic (exact) mass is 428 g/mol. The smallest absolute Gasteiger partial charge is 0.252 e. The van der Waals surface area contributed by atoms with E-state index >= 15 is 0 Å². The number of thioether (sulfide) groups is 1. The van der Waals surface area contributed by atoms with Gasteiger partial charge in [-0.1, -0.05) is 43.5 Å². The molecule has 3 rings (SSSR count). The first-order chi connectivity index (χ1) is 14.5. The van der Waals surface area contributed by atoms with Gasteiger partial charge in [-0.05, 0) is 49.1 Å². The van der Waals surface area contributed by atoms with Gasteiger partial charge in [0.2, 0.25) is 5.91 Å². The summed E-state index contributed by atoms with van der Waals surface area (Å²) in [6.45, 7) is 1.95. The molecule has 0 heterocycles. The highest BCUT2D eigenvalue weighted by molar-refractivity contribution is 8.00. The second kappa shape index (κ2) is 10.6. The molecule has 6 heteroatoms. The molecule has 1 saturated carbocycles. The Kier molecular flexibility index (Phi) is 7.91. The number of nitrogens with one attached hydrogen (secondary N) is 1. The highest BCUT2D eigenvalue weighted by Gasteiger charge is 2.22. The highest BCUT2D eigenvalue weighted by Crippen LogP contribution is 2.26. The van der Waals surface area contributed by atoms with E-state index in [-0.39, 0.29) is 24.2 Å². The summed E-state index contributed by atoms with van der Waals surface area (Å²) in [6.07, 6.45) is 5.77. The van der Waals surface area contributed by atoms with Gasteiger partial charge in [-0.2, -0.15) is 0 Å². The summed E-state index contributed by atoms with van der Waals surface area (Å²) in [5.41, 5.74) is 1.82. The molecule has 0 unspecified atom stereocenters. The molecule has 0 atom stereocenters. The SMILES string of the molecule is Cc1ccc(CNC(=O)c2ccccc2SCC(=O)N(C)C2CCCCC2)cc1F. The molecule has 4 nitrogen and oxygen atoms in total. The topological polar surface area (TPSA) is 49.4 Å². The minimum absolute atomic E-state index is 0.0947. The van der Waals surface area contributed by atoms with Gasteiger partial charge in [0, 0.05) is 24.5 Å². The van der Waals surface area contributed by atoms with Crippen molar-refractivity contribution < 1.29 is 14.0 Å². The van der Waals surface area contributed by atoms with E-state index in [4.69, 9.17) is 0 Å². The van der Waals surface area contributed by atoms with Crippen molar-refractivity contribution in [2.75, 3.05) is 12.8 Å². The van der Waals surface area contributed by atoms with E-state index in [0.717, 1.165) is 17.7 Å². The van der Waals surface area contributed by atoms with Crippen molar-refractivity contribution in [3.8, 4) is 0 Å². The van der Waals surface area contributed by atoms with Gasteiger partial charge in [-0.3, -0.25) is 9.59 Å². The average Bonchev–Trinajstić information content (AvgIpc) is 2.78. The zero-order valence-electron chi connectivity index (χ0n) is 17.6. The van der Waals surface area contributed by atoms with Gasteiger partial charge in [0.1, 0.15) is 5.82 Å². The van der Waals surface area contributed by atoms with Gasteiger partial charge in [-0.25, -0.2) is 4.39 Å². The van der Waals surface area contributed by atoms with Crippen LogP contribution >= 0.6 is 11.8 Å². The van der Waals surface area contributed by atoms with E-state index in [0.29, 0.717) is 28.5 Å². The number of hydrogen-bond donors (Lipinski definition) is 1. The third-order valence-electron chi connectivity index (χ3n) is 5.69. The third-order valence-corrected chi connectivity index (χ3v) is 6.75. The summed E-state index contributed by atoms with van der Waals surface area (Å²) in [6, 6.07) is 12.6. The van der Waals surface area contributed by atoms with Gasteiger partial charge in [0.15, 0.2) is 0 Å². The van der Waals surface area contributed by atoms with Gasteiger partial charge < -0.3 is 10.2 Å². The van der Waals surface area contributed by atoms with Gasteiger partial charge in [0.25, 0.3) is 5.91 Å². The number of nitrogens with zero attached hydrogens (tertiary/aromatic N) is 1. The molecule has 1 N–H and O–H groups in total. The fourth-order valence-corrected chi connectivity index (χ4v) is 4.69. The van der Waals surface area contributed by atoms with Crippen molar-refractivity contribution in [3.05, 3.63) is 65.0 Å². The zero-order valence-corrected chi connectivity index (χ0v) is 18.4. The third kappa shape index (κ3) is 5.85. The number of rotatable bonds is 7. The van der Waals surface area contributed by atoms with Crippen molar-refractivity contribution in [1.29, 1.82) is 0 Å². The molecule has 0 radical (unpaired) electrons. The van der Waals surface area contributed by atoms with Crippen LogP contribution in [0.3, 0.4) is 0 Å². The zero-order chi connectivity index (χ0) is 21.5. The molecular weight excluding hydrogens is 399 g/mol. The van der Waals surface area contributed by atoms with Crippen LogP contribution in [0.5, 0.6) is 0 Å². The summed E-state index contributed by atoms with van der Waals surface area (Å²) in [7, 11) is 1.89. The number of carbonyl (C=O) groups excluding carboxylic acids is 2. The second-order valence-corrected chi connectivity index (χ2v) is 8.86. The Balaban J connectivity index is 1.58. The Hall–Kier alpha value is -2.34. The van der Waals surface area contributed by atoms with E-state index in [1.807, 2.05) is 24.1 Å². The average molecular weight is 429 g/mol. The number of benzene rings is 2. The molecular formula is C24H29FN2O2S. The summed E-state index contributed by atoms with van der Waals surface area (Å²) in [5.74, 6) is -0.108. The van der Waals surface area contributed by atoms with Gasteiger partial charge >= 0.3 is 0 Å². The normalized spacial score (nSPS) is 14.4. The van der Waals surface area contributed by atoms with Crippen molar-refractivity contribution >= 4 is 23.6 Å². The summed E-state index contributed by atoms with van der Waals surface area (Å²) >= 11 is 1.39. The number of halogens is 1. The fourth-order valence-electron chi connectivity index (χ4n) is 3.72. The molecule has 0 spiro atoms. The molecule has 1 aliphatic carbocycles. The first-order valence-corrected chi connectivity index (χ1v) is 11.4. The van der Waals surface area contributed by atoms with E-state index in [2.05, 4.69) is 5.32 Å². The molecule has 2 amide bonds. The largest absolute Gasteiger partial charge is 0.348 e. The molecule has 2 aromatic rings. The lowest BCUT2D eigenvalue weighted by atomic mass is 9.94. The van der Waals surface area contributed by atoms with Crippen LogP contribution in [-0.4, -0.2) is 35.6 Å². The summed E-state index contributed by atoms with van der Waals surface area (Å²) < 4.78 is 13.7. The van der Waals surface area contributed by atoms with Crippen LogP contribution in [0.4, 0.5) is 4.39 Å². The Morgan fingerprint density at radius 1 is 1.13 bits per heavy atom. The van der Waals surface area contributed by atoms with E-state index < -0.39 is 0 Å². The maximum atomic E-state index is 13.7. The molecule has 30 heavy (non-hydrogen) atoms. The van der Waals surface area contributed by atoms with Crippen molar-refractivity contribution in [2.24, 2.45) is 0 Å². The molecule has 1 aliphatic rings. The van der Waals surface area contributed by atoms with Crippen molar-refractivity contribution in [1.82, 2.24) is 10.2 Å². The maximum Gasteiger partial charge on any atom is 0.252 e. The highest BCUT2D eigenvalue weighted by atomic mass is 32.2. The van der Waals surface area contributed by atoms with Crippen LogP contribution < -0.4 is 5.32 Å². The lowest BCUT2D eigenvalue weighted by Gasteiger charge is -2.31. The molecule has 0 saturated heterocycles. The van der Waals surface area contributed by atoms with Gasteiger partial charge in [0.05, 0.1) is 11.3 Å². The number of aryl methyl sites for hydroxylation is 1. The minimum Gasteiger partial charge on any atom is -0.348 e. The van der Waals surface area contributed by atoms with Crippen LogP contribution in [0.1, 0.15) is 53.6 Å². The van der Waals surface area contributed by atoms with Crippen molar-refractivity contribution in [2.45, 2.75) is 56.5 Å². The van der Waals surface area contributed by atoms with E-state index in [1.165, 1.54) is 37.1 Å². The molecule has 160 valence electrons. The molecule has 0 bridgehead atoms. The Bertz CT molecular complexity index is 897. The first kappa shape index (κ1) is 22.3. The molecule has 1 fully saturated rings. The lowest BCUT2D eigenvalue weighted by Crippen LogP contribution is -2.39. The molecule has 0 aromatic heterocycles. The maximum absolute atomic E-state index is 13.7. The van der Waals surface area contributed by atoms with Crippen LogP contribution in [0.2, 0.25) is 0 Å². The van der Waals surface area contributed by atoms with Crippen LogP contribution in [0.15, 0.2) is 47.4 Å². The number of carbonyl (C=O) groups is 2. The van der Waals surface area contributed by atoms with Crippen LogP contribution in [0.25, 0.3) is 0 Å². The minimum atomic E-state index is -0.279. The number of amides is 2. The number of hydrogen-bond acceptors (Lipinski definition) is 3. The standard InChI is InChI=1S/C24H29FN2O2S/c1-17-12-13-18(14-21(17)25)15-26-24(29)20-10-6-7-11-22(20)30-16-23(28)27(2)19-8-4-3-5-9-19/h6-7,10-14,19H,3-5,8-9,15-16H2,1-2H3,(H,26,29). The van der Waals surface area contributed by atoms with Crippen LogP contribution in [0, 0.1) is 12.7 Å². The summed E-state index contributed by atoms with van der Waals surface area (Å²) in [5, 5.41) is 2.85. The fraction of sp³-hybridized carbons (Fsp3) is 0.417. The van der Waals surface area contributed by atoms with Gasteiger partial charge in [-0.15, -0.1) is 11.8 Å². The lowest BCUT2D eigenvalue weighted by molar-refractivity contribution is -0.129. The Morgan fingerprint density at radius 3 is 2.60 bits per heavy atom. The molecule has 2 aromatic carbocycles. The van der Waals surface area contributed by atoms with Crippen molar-refractivity contribution in [3.63, 3.8) is 0 Å². The van der Waals surface area contributed by atoms with E-state index in [1.54, 1.807) is 31.2 Å². The quantitative estimate of drug-likeness (QED) is 0.635. The van der Waals surface area contributed by atoms with E-state index in [9.17, 15) is 14.0 Å².